The number of phenolic OH excluding ortho intramolecular Hbond substituents is 1. The van der Waals surface area contributed by atoms with Crippen molar-refractivity contribution in [2.75, 3.05) is 0 Å². The van der Waals surface area contributed by atoms with Gasteiger partial charge in [0.2, 0.25) is 0 Å². The molecule has 0 aliphatic heterocycles. The van der Waals surface area contributed by atoms with Crippen LogP contribution in [0.5, 0.6) is 5.75 Å². The Morgan fingerprint density at radius 3 is 1.54 bits per heavy atom. The summed E-state index contributed by atoms with van der Waals surface area (Å²) in [5.74, 6) is -0.510. The molecule has 35 heavy (non-hydrogen) atoms. The van der Waals surface area contributed by atoms with Gasteiger partial charge in [0.05, 0.1) is 5.41 Å². The minimum atomic E-state index is -0.896. The molecule has 0 bridgehead atoms. The smallest absolute Gasteiger partial charge is 0.314 e. The number of benzene rings is 1. The van der Waals surface area contributed by atoms with Gasteiger partial charge < -0.3 is 10.2 Å². The van der Waals surface area contributed by atoms with Crippen molar-refractivity contribution in [1.82, 2.24) is 0 Å². The Bertz CT molecular complexity index is 703. The van der Waals surface area contributed by atoms with E-state index in [0.717, 1.165) is 24.0 Å². The van der Waals surface area contributed by atoms with E-state index in [0.29, 0.717) is 12.8 Å². The third kappa shape index (κ3) is 12.8. The van der Waals surface area contributed by atoms with Gasteiger partial charge >= 0.3 is 5.97 Å². The van der Waals surface area contributed by atoms with Crippen LogP contribution in [0.4, 0.5) is 0 Å². The van der Waals surface area contributed by atoms with E-state index in [1.54, 1.807) is 6.07 Å². The Kier molecular flexibility index (Phi) is 15.3. The predicted octanol–water partition coefficient (Wildman–Crippen LogP) is 10.1. The van der Waals surface area contributed by atoms with E-state index in [-0.39, 0.29) is 11.2 Å². The second kappa shape index (κ2) is 17.0. The fourth-order valence-electron chi connectivity index (χ4n) is 5.47. The summed E-state index contributed by atoms with van der Waals surface area (Å²) >= 11 is 0. The van der Waals surface area contributed by atoms with Gasteiger partial charge in [0.25, 0.3) is 0 Å². The minimum Gasteiger partial charge on any atom is -0.508 e. The van der Waals surface area contributed by atoms with Gasteiger partial charge in [-0.3, -0.25) is 4.79 Å². The van der Waals surface area contributed by atoms with Crippen molar-refractivity contribution < 1.29 is 15.0 Å². The minimum absolute atomic E-state index is 0.0980. The number of aliphatic carboxylic acids is 1. The standard InChI is InChI=1S/C32H56O3/c1-6-7-8-9-10-11-12-13-14-15-16-17-18-19-20-21-24-32(30(34)35,26-31(3,4)5)28-22-23-29(33)27(2)25-28/h22-23,25,33H,6-21,24,26H2,1-5H3,(H,34,35). The van der Waals surface area contributed by atoms with E-state index in [1.807, 2.05) is 19.1 Å². The van der Waals surface area contributed by atoms with E-state index in [9.17, 15) is 15.0 Å². The molecule has 1 unspecified atom stereocenters. The van der Waals surface area contributed by atoms with E-state index in [4.69, 9.17) is 0 Å². The lowest BCUT2D eigenvalue weighted by Crippen LogP contribution is -2.39. The zero-order valence-electron chi connectivity index (χ0n) is 23.8. The summed E-state index contributed by atoms with van der Waals surface area (Å²) in [4.78, 5) is 12.6. The lowest BCUT2D eigenvalue weighted by atomic mass is 9.66. The molecular weight excluding hydrogens is 432 g/mol. The van der Waals surface area contributed by atoms with E-state index >= 15 is 0 Å². The number of hydrogen-bond donors (Lipinski definition) is 2. The van der Waals surface area contributed by atoms with Crippen molar-refractivity contribution in [2.24, 2.45) is 5.41 Å². The Balaban J connectivity index is 2.33. The van der Waals surface area contributed by atoms with Crippen LogP contribution in [0.3, 0.4) is 0 Å². The van der Waals surface area contributed by atoms with E-state index in [1.165, 1.54) is 89.9 Å². The number of carbonyl (C=O) groups is 1. The summed E-state index contributed by atoms with van der Waals surface area (Å²) in [7, 11) is 0. The summed E-state index contributed by atoms with van der Waals surface area (Å²) in [6, 6.07) is 5.34. The molecule has 0 aromatic heterocycles. The number of unbranched alkanes of at least 4 members (excludes halogenated alkanes) is 15. The number of carboxylic acid groups (broad SMARTS) is 1. The molecule has 3 heteroatoms. The van der Waals surface area contributed by atoms with Gasteiger partial charge in [-0.25, -0.2) is 0 Å². The molecule has 0 saturated heterocycles. The van der Waals surface area contributed by atoms with Crippen LogP contribution in [0.25, 0.3) is 0 Å². The first-order valence-corrected chi connectivity index (χ1v) is 14.7. The molecule has 0 fully saturated rings. The van der Waals surface area contributed by atoms with Crippen LogP contribution < -0.4 is 0 Å². The maximum atomic E-state index is 12.6. The molecule has 0 amide bonds. The molecule has 0 aliphatic carbocycles. The van der Waals surface area contributed by atoms with Gasteiger partial charge in [-0.1, -0.05) is 143 Å². The molecule has 0 saturated carbocycles. The first kappa shape index (κ1) is 31.5. The van der Waals surface area contributed by atoms with Gasteiger partial charge in [0, 0.05) is 0 Å². The van der Waals surface area contributed by atoms with Crippen LogP contribution in [0.1, 0.15) is 154 Å². The van der Waals surface area contributed by atoms with E-state index in [2.05, 4.69) is 27.7 Å². The molecule has 0 radical (unpaired) electrons. The molecule has 0 spiro atoms. The van der Waals surface area contributed by atoms with Gasteiger partial charge in [0.15, 0.2) is 0 Å². The van der Waals surface area contributed by atoms with Crippen molar-refractivity contribution in [3.63, 3.8) is 0 Å². The van der Waals surface area contributed by atoms with Crippen LogP contribution >= 0.6 is 0 Å². The van der Waals surface area contributed by atoms with Crippen LogP contribution in [0.15, 0.2) is 18.2 Å². The highest BCUT2D eigenvalue weighted by molar-refractivity contribution is 5.81. The van der Waals surface area contributed by atoms with Gasteiger partial charge in [0.1, 0.15) is 5.75 Å². The normalized spacial score (nSPS) is 13.6. The Morgan fingerprint density at radius 1 is 0.743 bits per heavy atom. The van der Waals surface area contributed by atoms with Gasteiger partial charge in [-0.15, -0.1) is 0 Å². The summed E-state index contributed by atoms with van der Waals surface area (Å²) < 4.78 is 0. The lowest BCUT2D eigenvalue weighted by molar-refractivity contribution is -0.145. The van der Waals surface area contributed by atoms with Crippen molar-refractivity contribution in [3.8, 4) is 5.75 Å². The average Bonchev–Trinajstić information content (AvgIpc) is 2.78. The highest BCUT2D eigenvalue weighted by Gasteiger charge is 2.43. The molecule has 0 heterocycles. The van der Waals surface area contributed by atoms with Gasteiger partial charge in [-0.05, 0) is 42.4 Å². The highest BCUT2D eigenvalue weighted by atomic mass is 16.4. The van der Waals surface area contributed by atoms with Crippen molar-refractivity contribution in [1.29, 1.82) is 0 Å². The second-order valence-corrected chi connectivity index (χ2v) is 12.2. The van der Waals surface area contributed by atoms with Crippen LogP contribution in [-0.4, -0.2) is 16.2 Å². The molecule has 1 aromatic rings. The molecule has 1 aromatic carbocycles. The number of aromatic hydroxyl groups is 1. The SMILES string of the molecule is CCCCCCCCCCCCCCCCCCC(CC(C)(C)C)(C(=O)O)c1ccc(O)c(C)c1. The van der Waals surface area contributed by atoms with Crippen molar-refractivity contribution in [2.45, 2.75) is 156 Å². The summed E-state index contributed by atoms with van der Waals surface area (Å²) in [5, 5.41) is 20.3. The van der Waals surface area contributed by atoms with Crippen LogP contribution in [0.2, 0.25) is 0 Å². The molecule has 1 rings (SSSR count). The quantitative estimate of drug-likeness (QED) is 0.179. The van der Waals surface area contributed by atoms with Crippen LogP contribution in [-0.2, 0) is 10.2 Å². The fourth-order valence-corrected chi connectivity index (χ4v) is 5.47. The number of hydrogen-bond acceptors (Lipinski definition) is 2. The average molecular weight is 489 g/mol. The largest absolute Gasteiger partial charge is 0.508 e. The maximum absolute atomic E-state index is 12.6. The fraction of sp³-hybridized carbons (Fsp3) is 0.781. The summed E-state index contributed by atoms with van der Waals surface area (Å²) in [6.45, 7) is 10.5. The molecule has 3 nitrogen and oxygen atoms in total. The monoisotopic (exact) mass is 488 g/mol. The maximum Gasteiger partial charge on any atom is 0.314 e. The van der Waals surface area contributed by atoms with Crippen molar-refractivity contribution >= 4 is 5.97 Å². The first-order chi connectivity index (χ1) is 16.6. The number of phenols is 1. The van der Waals surface area contributed by atoms with E-state index < -0.39 is 11.4 Å². The molecule has 202 valence electrons. The summed E-state index contributed by atoms with van der Waals surface area (Å²) in [6.07, 6.45) is 22.3. The third-order valence-corrected chi connectivity index (χ3v) is 7.45. The topological polar surface area (TPSA) is 57.5 Å². The van der Waals surface area contributed by atoms with Gasteiger partial charge in [-0.2, -0.15) is 0 Å². The second-order valence-electron chi connectivity index (χ2n) is 12.2. The molecular formula is C32H56O3. The Labute approximate surface area is 217 Å². The van der Waals surface area contributed by atoms with Crippen molar-refractivity contribution in [3.05, 3.63) is 29.3 Å². The zero-order chi connectivity index (χ0) is 26.2. The molecule has 2 N–H and O–H groups in total. The zero-order valence-corrected chi connectivity index (χ0v) is 23.8. The number of carboxylic acids is 1. The third-order valence-electron chi connectivity index (χ3n) is 7.45. The first-order valence-electron chi connectivity index (χ1n) is 14.7. The highest BCUT2D eigenvalue weighted by Crippen LogP contribution is 2.42. The number of aryl methyl sites for hydroxylation is 1. The summed E-state index contributed by atoms with van der Waals surface area (Å²) in [5.41, 5.74) is 0.580. The predicted molar refractivity (Wildman–Crippen MR) is 150 cm³/mol. The molecule has 0 aliphatic rings. The number of rotatable bonds is 20. The lowest BCUT2D eigenvalue weighted by Gasteiger charge is -2.36. The molecule has 1 atom stereocenters. The Morgan fingerprint density at radius 2 is 1.17 bits per heavy atom. The Hall–Kier alpha value is -1.51. The van der Waals surface area contributed by atoms with Crippen LogP contribution in [0, 0.1) is 12.3 Å².